The Morgan fingerprint density at radius 1 is 1.04 bits per heavy atom. The van der Waals surface area contributed by atoms with Gasteiger partial charge in [0.1, 0.15) is 0 Å². The first-order chi connectivity index (χ1) is 12.4. The van der Waals surface area contributed by atoms with E-state index in [0.717, 1.165) is 36.0 Å². The van der Waals surface area contributed by atoms with E-state index in [9.17, 15) is 0 Å². The number of hydrogen-bond donors (Lipinski definition) is 0. The smallest absolute Gasteiger partial charge is 0.0118 e. The van der Waals surface area contributed by atoms with Gasteiger partial charge in [0.05, 0.1) is 0 Å². The first-order valence-electron chi connectivity index (χ1n) is 9.21. The SMILES string of the molecule is C=CC(=C)/C(C=C)=C(/C(=C)C)C1=C(C)/C(=C/c2cccc(C)c2)CCC1. The normalized spacial score (nSPS) is 17.0. The van der Waals surface area contributed by atoms with E-state index in [1.807, 2.05) is 6.08 Å². The molecule has 0 aliphatic heterocycles. The molecule has 1 aliphatic rings. The van der Waals surface area contributed by atoms with Gasteiger partial charge in [-0.1, -0.05) is 79.9 Å². The third kappa shape index (κ3) is 4.32. The van der Waals surface area contributed by atoms with Crippen LogP contribution in [0.2, 0.25) is 0 Å². The molecular weight excluding hydrogens is 312 g/mol. The lowest BCUT2D eigenvalue weighted by Crippen LogP contribution is -2.06. The molecule has 0 amide bonds. The van der Waals surface area contributed by atoms with Crippen LogP contribution in [0.15, 0.2) is 102 Å². The second-order valence-corrected chi connectivity index (χ2v) is 7.04. The van der Waals surface area contributed by atoms with E-state index in [0.29, 0.717) is 0 Å². The fraction of sp³-hybridized carbons (Fsp3) is 0.231. The van der Waals surface area contributed by atoms with Gasteiger partial charge in [0.25, 0.3) is 0 Å². The number of hydrogen-bond acceptors (Lipinski definition) is 0. The van der Waals surface area contributed by atoms with Crippen molar-refractivity contribution in [3.63, 3.8) is 0 Å². The average molecular weight is 343 g/mol. The van der Waals surface area contributed by atoms with Gasteiger partial charge >= 0.3 is 0 Å². The second-order valence-electron chi connectivity index (χ2n) is 7.04. The molecular formula is C26H30. The van der Waals surface area contributed by atoms with E-state index in [-0.39, 0.29) is 0 Å². The third-order valence-electron chi connectivity index (χ3n) is 4.98. The summed E-state index contributed by atoms with van der Waals surface area (Å²) in [5.41, 5.74) is 10.8. The molecule has 0 atom stereocenters. The molecule has 0 heteroatoms. The zero-order valence-electron chi connectivity index (χ0n) is 16.5. The van der Waals surface area contributed by atoms with E-state index < -0.39 is 0 Å². The van der Waals surface area contributed by atoms with E-state index in [2.05, 4.69) is 77.4 Å². The van der Waals surface area contributed by atoms with Crippen molar-refractivity contribution in [1.29, 1.82) is 0 Å². The van der Waals surface area contributed by atoms with Gasteiger partial charge in [-0.05, 0) is 79.0 Å². The Kier molecular flexibility index (Phi) is 6.58. The van der Waals surface area contributed by atoms with Crippen LogP contribution in [-0.4, -0.2) is 0 Å². The summed E-state index contributed by atoms with van der Waals surface area (Å²) in [5.74, 6) is 0. The fourth-order valence-corrected chi connectivity index (χ4v) is 3.63. The minimum absolute atomic E-state index is 0.896. The maximum atomic E-state index is 4.24. The summed E-state index contributed by atoms with van der Waals surface area (Å²) >= 11 is 0. The molecule has 1 aromatic carbocycles. The summed E-state index contributed by atoms with van der Waals surface area (Å²) < 4.78 is 0. The molecule has 0 radical (unpaired) electrons. The molecule has 0 spiro atoms. The predicted octanol–water partition coefficient (Wildman–Crippen LogP) is 7.68. The first-order valence-corrected chi connectivity index (χ1v) is 9.21. The molecule has 134 valence electrons. The molecule has 0 unspecified atom stereocenters. The third-order valence-corrected chi connectivity index (χ3v) is 4.98. The van der Waals surface area contributed by atoms with Crippen LogP contribution < -0.4 is 0 Å². The summed E-state index contributed by atoms with van der Waals surface area (Å²) in [7, 11) is 0. The van der Waals surface area contributed by atoms with Gasteiger partial charge in [-0.3, -0.25) is 0 Å². The van der Waals surface area contributed by atoms with Gasteiger partial charge < -0.3 is 0 Å². The van der Waals surface area contributed by atoms with Crippen LogP contribution in [-0.2, 0) is 0 Å². The van der Waals surface area contributed by atoms with Crippen LogP contribution in [0.4, 0.5) is 0 Å². The zero-order chi connectivity index (χ0) is 19.3. The Morgan fingerprint density at radius 3 is 2.35 bits per heavy atom. The summed E-state index contributed by atoms with van der Waals surface area (Å²) in [6.45, 7) is 22.7. The molecule has 0 saturated carbocycles. The number of aryl methyl sites for hydroxylation is 1. The molecule has 26 heavy (non-hydrogen) atoms. The van der Waals surface area contributed by atoms with Crippen molar-refractivity contribution in [2.75, 3.05) is 0 Å². The summed E-state index contributed by atoms with van der Waals surface area (Å²) in [6, 6.07) is 8.66. The molecule has 0 fully saturated rings. The summed E-state index contributed by atoms with van der Waals surface area (Å²) in [6.07, 6.45) is 9.31. The van der Waals surface area contributed by atoms with Crippen LogP contribution in [0.1, 0.15) is 44.2 Å². The Labute approximate surface area is 159 Å². The Hall–Kier alpha value is -2.60. The standard InChI is InChI=1S/C26H30/c1-8-20(6)24(9-2)26(18(3)4)25-15-11-14-23(21(25)7)17-22-13-10-12-19(5)16-22/h8-10,12-13,16-17H,1-3,6,11,14-15H2,4-5,7H3/b23-17+,26-24-. The lowest BCUT2D eigenvalue weighted by atomic mass is 9.79. The number of rotatable bonds is 6. The van der Waals surface area contributed by atoms with Crippen LogP contribution >= 0.6 is 0 Å². The van der Waals surface area contributed by atoms with Gasteiger partial charge in [0, 0.05) is 0 Å². The minimum Gasteiger partial charge on any atom is -0.0985 e. The molecule has 1 aliphatic carbocycles. The van der Waals surface area contributed by atoms with E-state index >= 15 is 0 Å². The van der Waals surface area contributed by atoms with Gasteiger partial charge in [-0.2, -0.15) is 0 Å². The van der Waals surface area contributed by atoms with E-state index in [1.165, 1.54) is 33.4 Å². The maximum Gasteiger partial charge on any atom is -0.0118 e. The lowest BCUT2D eigenvalue weighted by molar-refractivity contribution is 0.772. The zero-order valence-corrected chi connectivity index (χ0v) is 16.5. The van der Waals surface area contributed by atoms with Gasteiger partial charge in [-0.25, -0.2) is 0 Å². The van der Waals surface area contributed by atoms with Crippen molar-refractivity contribution >= 4 is 6.08 Å². The summed E-state index contributed by atoms with van der Waals surface area (Å²) in [5, 5.41) is 0. The highest BCUT2D eigenvalue weighted by molar-refractivity contribution is 5.66. The van der Waals surface area contributed by atoms with Crippen LogP contribution in [0.5, 0.6) is 0 Å². The Bertz CT molecular complexity index is 850. The molecule has 0 aromatic heterocycles. The highest BCUT2D eigenvalue weighted by Gasteiger charge is 2.20. The summed E-state index contributed by atoms with van der Waals surface area (Å²) in [4.78, 5) is 0. The highest BCUT2D eigenvalue weighted by Crippen LogP contribution is 2.39. The molecule has 2 rings (SSSR count). The molecule has 0 N–H and O–H groups in total. The molecule has 0 nitrogen and oxygen atoms in total. The van der Waals surface area contributed by atoms with Gasteiger partial charge in [-0.15, -0.1) is 0 Å². The Balaban J connectivity index is 2.63. The van der Waals surface area contributed by atoms with Crippen LogP contribution in [0, 0.1) is 6.92 Å². The average Bonchev–Trinajstić information content (AvgIpc) is 2.61. The predicted molar refractivity (Wildman–Crippen MR) is 117 cm³/mol. The monoisotopic (exact) mass is 342 g/mol. The lowest BCUT2D eigenvalue weighted by Gasteiger charge is -2.25. The van der Waals surface area contributed by atoms with Crippen molar-refractivity contribution in [2.45, 2.75) is 40.0 Å². The van der Waals surface area contributed by atoms with E-state index in [4.69, 9.17) is 0 Å². The van der Waals surface area contributed by atoms with E-state index in [1.54, 1.807) is 6.08 Å². The molecule has 0 bridgehead atoms. The highest BCUT2D eigenvalue weighted by atomic mass is 14.2. The van der Waals surface area contributed by atoms with Crippen molar-refractivity contribution < 1.29 is 0 Å². The van der Waals surface area contributed by atoms with Crippen molar-refractivity contribution in [3.8, 4) is 0 Å². The van der Waals surface area contributed by atoms with Crippen molar-refractivity contribution in [3.05, 3.63) is 113 Å². The van der Waals surface area contributed by atoms with Crippen molar-refractivity contribution in [2.24, 2.45) is 0 Å². The first kappa shape index (κ1) is 19.7. The molecule has 0 saturated heterocycles. The topological polar surface area (TPSA) is 0 Å². The number of allylic oxidation sites excluding steroid dienone is 9. The van der Waals surface area contributed by atoms with Gasteiger partial charge in [0.2, 0.25) is 0 Å². The fourth-order valence-electron chi connectivity index (χ4n) is 3.63. The minimum atomic E-state index is 0.896. The van der Waals surface area contributed by atoms with Gasteiger partial charge in [0.15, 0.2) is 0 Å². The molecule has 0 heterocycles. The molecule has 1 aromatic rings. The maximum absolute atomic E-state index is 4.24. The Morgan fingerprint density at radius 2 is 1.77 bits per heavy atom. The van der Waals surface area contributed by atoms with Crippen molar-refractivity contribution in [1.82, 2.24) is 0 Å². The van der Waals surface area contributed by atoms with Crippen LogP contribution in [0.25, 0.3) is 6.08 Å². The second kappa shape index (κ2) is 8.67. The largest absolute Gasteiger partial charge is 0.0985 e. The number of benzene rings is 1. The van der Waals surface area contributed by atoms with Crippen LogP contribution in [0.3, 0.4) is 0 Å². The quantitative estimate of drug-likeness (QED) is 0.465.